The fraction of sp³-hybridized carbons (Fsp3) is 0.176. The van der Waals surface area contributed by atoms with E-state index in [-0.39, 0.29) is 17.3 Å². The van der Waals surface area contributed by atoms with Crippen LogP contribution in [-0.2, 0) is 14.8 Å². The molecule has 124 valence electrons. The van der Waals surface area contributed by atoms with E-state index in [9.17, 15) is 13.2 Å². The molecule has 0 aromatic heterocycles. The van der Waals surface area contributed by atoms with E-state index in [0.717, 1.165) is 16.8 Å². The molecule has 1 heterocycles. The summed E-state index contributed by atoms with van der Waals surface area (Å²) in [4.78, 5) is 14.0. The number of nitrogens with one attached hydrogen (secondary N) is 1. The smallest absolute Gasteiger partial charge is 0.285 e. The van der Waals surface area contributed by atoms with Gasteiger partial charge in [0.05, 0.1) is 5.69 Å². The van der Waals surface area contributed by atoms with Crippen molar-refractivity contribution >= 4 is 33.6 Å². The first-order chi connectivity index (χ1) is 11.4. The van der Waals surface area contributed by atoms with Crippen LogP contribution >= 0.6 is 0 Å². The number of hydrogen-bond acceptors (Lipinski definition) is 4. The van der Waals surface area contributed by atoms with Crippen LogP contribution in [0, 0.1) is 13.8 Å². The number of carbonyl (C=O) groups is 1. The van der Waals surface area contributed by atoms with Crippen molar-refractivity contribution in [3.05, 3.63) is 53.6 Å². The summed E-state index contributed by atoms with van der Waals surface area (Å²) in [5, 5.41) is 2.84. The van der Waals surface area contributed by atoms with Crippen molar-refractivity contribution in [3.63, 3.8) is 0 Å². The summed E-state index contributed by atoms with van der Waals surface area (Å²) in [5.41, 5.74) is 3.27. The van der Waals surface area contributed by atoms with Crippen molar-refractivity contribution in [2.75, 3.05) is 16.8 Å². The highest BCUT2D eigenvalue weighted by Crippen LogP contribution is 2.29. The van der Waals surface area contributed by atoms with Gasteiger partial charge in [-0.3, -0.25) is 4.79 Å². The molecule has 0 fully saturated rings. The number of anilines is 2. The third kappa shape index (κ3) is 3.16. The number of fused-ring (bicyclic) bond motifs is 1. The maximum atomic E-state index is 12.3. The first kappa shape index (κ1) is 16.2. The lowest BCUT2D eigenvalue weighted by atomic mass is 10.1. The van der Waals surface area contributed by atoms with Crippen LogP contribution in [0.25, 0.3) is 0 Å². The van der Waals surface area contributed by atoms with E-state index in [4.69, 9.17) is 0 Å². The van der Waals surface area contributed by atoms with Crippen molar-refractivity contribution in [1.29, 1.82) is 0 Å². The average molecular weight is 343 g/mol. The standard InChI is InChI=1S/C17H17N3O3S/c1-12-7-8-14(13(2)9-12)19-17(21)10-20-11-18-24(22,23)16-6-4-3-5-15(16)20/h3-9,11H,10H2,1-2H3,(H,19,21). The van der Waals surface area contributed by atoms with Gasteiger partial charge in [-0.15, -0.1) is 4.40 Å². The summed E-state index contributed by atoms with van der Waals surface area (Å²) >= 11 is 0. The Morgan fingerprint density at radius 1 is 1.17 bits per heavy atom. The summed E-state index contributed by atoms with van der Waals surface area (Å²) in [6.45, 7) is 3.89. The lowest BCUT2D eigenvalue weighted by Crippen LogP contribution is -2.35. The van der Waals surface area contributed by atoms with Crippen LogP contribution in [0.1, 0.15) is 11.1 Å². The zero-order chi connectivity index (χ0) is 17.3. The van der Waals surface area contributed by atoms with Gasteiger partial charge >= 0.3 is 0 Å². The van der Waals surface area contributed by atoms with Crippen LogP contribution in [-0.4, -0.2) is 27.2 Å². The Morgan fingerprint density at radius 2 is 1.92 bits per heavy atom. The molecule has 0 saturated carbocycles. The van der Waals surface area contributed by atoms with Gasteiger partial charge in [-0.2, -0.15) is 8.42 Å². The summed E-state index contributed by atoms with van der Waals surface area (Å²) in [6, 6.07) is 12.3. The Kier molecular flexibility index (Phi) is 4.11. The van der Waals surface area contributed by atoms with E-state index in [1.54, 1.807) is 18.2 Å². The van der Waals surface area contributed by atoms with Crippen LogP contribution in [0.4, 0.5) is 11.4 Å². The third-order valence-corrected chi connectivity index (χ3v) is 5.02. The first-order valence-electron chi connectivity index (χ1n) is 7.40. The molecule has 0 atom stereocenters. The maximum Gasteiger partial charge on any atom is 0.285 e. The molecule has 1 aliphatic rings. The highest BCUT2D eigenvalue weighted by atomic mass is 32.2. The molecule has 0 aliphatic carbocycles. The summed E-state index contributed by atoms with van der Waals surface area (Å²) in [6.07, 6.45) is 1.18. The summed E-state index contributed by atoms with van der Waals surface area (Å²) in [7, 11) is -3.69. The number of carbonyl (C=O) groups excluding carboxylic acids is 1. The minimum absolute atomic E-state index is 0.0245. The van der Waals surface area contributed by atoms with E-state index in [0.29, 0.717) is 5.69 Å². The van der Waals surface area contributed by atoms with Crippen LogP contribution in [0.2, 0.25) is 0 Å². The fourth-order valence-electron chi connectivity index (χ4n) is 2.57. The molecule has 2 aromatic rings. The minimum Gasteiger partial charge on any atom is -0.324 e. The van der Waals surface area contributed by atoms with Gasteiger partial charge in [0.1, 0.15) is 17.8 Å². The van der Waals surface area contributed by atoms with Gasteiger partial charge in [0.25, 0.3) is 10.0 Å². The van der Waals surface area contributed by atoms with E-state index >= 15 is 0 Å². The Labute approximate surface area is 140 Å². The molecule has 1 aliphatic heterocycles. The second kappa shape index (κ2) is 6.09. The monoisotopic (exact) mass is 343 g/mol. The number of rotatable bonds is 3. The number of sulfonamides is 1. The highest BCUT2D eigenvalue weighted by molar-refractivity contribution is 7.90. The van der Waals surface area contributed by atoms with Crippen molar-refractivity contribution in [2.45, 2.75) is 18.7 Å². The minimum atomic E-state index is -3.69. The highest BCUT2D eigenvalue weighted by Gasteiger charge is 2.25. The van der Waals surface area contributed by atoms with E-state index < -0.39 is 10.0 Å². The maximum absolute atomic E-state index is 12.3. The molecule has 2 aromatic carbocycles. The number of amides is 1. The zero-order valence-corrected chi connectivity index (χ0v) is 14.2. The second-order valence-corrected chi connectivity index (χ2v) is 7.26. The molecule has 1 amide bonds. The van der Waals surface area contributed by atoms with Crippen LogP contribution < -0.4 is 10.2 Å². The average Bonchev–Trinajstić information content (AvgIpc) is 2.53. The predicted octanol–water partition coefficient (Wildman–Crippen LogP) is 2.48. The van der Waals surface area contributed by atoms with Crippen molar-refractivity contribution < 1.29 is 13.2 Å². The molecule has 0 spiro atoms. The second-order valence-electron chi connectivity index (χ2n) is 5.66. The van der Waals surface area contributed by atoms with Gasteiger partial charge in [0.15, 0.2) is 0 Å². The van der Waals surface area contributed by atoms with Gasteiger partial charge in [-0.05, 0) is 37.6 Å². The Bertz CT molecular complexity index is 936. The summed E-state index contributed by atoms with van der Waals surface area (Å²) in [5.74, 6) is -0.248. The zero-order valence-electron chi connectivity index (χ0n) is 13.4. The van der Waals surface area contributed by atoms with Gasteiger partial charge in [-0.1, -0.05) is 29.8 Å². The van der Waals surface area contributed by atoms with E-state index in [1.807, 2.05) is 32.0 Å². The van der Waals surface area contributed by atoms with Crippen molar-refractivity contribution in [1.82, 2.24) is 0 Å². The number of para-hydroxylation sites is 1. The number of aryl methyl sites for hydroxylation is 2. The molecule has 0 saturated heterocycles. The lowest BCUT2D eigenvalue weighted by molar-refractivity contribution is -0.114. The Morgan fingerprint density at radius 3 is 2.67 bits per heavy atom. The van der Waals surface area contributed by atoms with Crippen molar-refractivity contribution in [2.24, 2.45) is 4.40 Å². The SMILES string of the molecule is Cc1ccc(NC(=O)CN2C=NS(=O)(=O)c3ccccc32)c(C)c1. The molecular formula is C17H17N3O3S. The molecule has 3 rings (SSSR count). The number of nitrogens with zero attached hydrogens (tertiary/aromatic N) is 2. The van der Waals surface area contributed by atoms with Gasteiger partial charge in [0, 0.05) is 5.69 Å². The number of hydrogen-bond donors (Lipinski definition) is 1. The van der Waals surface area contributed by atoms with Crippen molar-refractivity contribution in [3.8, 4) is 0 Å². The quantitative estimate of drug-likeness (QED) is 0.928. The molecule has 1 N–H and O–H groups in total. The van der Waals surface area contributed by atoms with Gasteiger partial charge in [-0.25, -0.2) is 0 Å². The van der Waals surface area contributed by atoms with Crippen LogP contribution in [0.15, 0.2) is 51.8 Å². The first-order valence-corrected chi connectivity index (χ1v) is 8.84. The molecule has 0 radical (unpaired) electrons. The molecule has 24 heavy (non-hydrogen) atoms. The topological polar surface area (TPSA) is 78.8 Å². The fourth-order valence-corrected chi connectivity index (χ4v) is 3.63. The lowest BCUT2D eigenvalue weighted by Gasteiger charge is -2.24. The van der Waals surface area contributed by atoms with E-state index in [2.05, 4.69) is 9.71 Å². The predicted molar refractivity (Wildman–Crippen MR) is 94.0 cm³/mol. The largest absolute Gasteiger partial charge is 0.324 e. The van der Waals surface area contributed by atoms with Crippen LogP contribution in [0.5, 0.6) is 0 Å². The third-order valence-electron chi connectivity index (χ3n) is 3.75. The van der Waals surface area contributed by atoms with Gasteiger partial charge < -0.3 is 10.2 Å². The van der Waals surface area contributed by atoms with Crippen LogP contribution in [0.3, 0.4) is 0 Å². The normalized spacial score (nSPS) is 15.0. The number of benzene rings is 2. The Balaban J connectivity index is 1.80. The van der Waals surface area contributed by atoms with E-state index in [1.165, 1.54) is 17.3 Å². The molecular weight excluding hydrogens is 326 g/mol. The molecule has 7 heteroatoms. The Hall–Kier alpha value is -2.67. The van der Waals surface area contributed by atoms with Gasteiger partial charge in [0.2, 0.25) is 5.91 Å². The molecule has 6 nitrogen and oxygen atoms in total. The molecule has 0 bridgehead atoms. The molecule has 0 unspecified atom stereocenters. The summed E-state index contributed by atoms with van der Waals surface area (Å²) < 4.78 is 27.5.